The molecule has 2 bridgehead atoms. The Balaban J connectivity index is 1.26. The van der Waals surface area contributed by atoms with Crippen molar-refractivity contribution in [2.45, 2.75) is 24.8 Å². The van der Waals surface area contributed by atoms with E-state index < -0.39 is 0 Å². The van der Waals surface area contributed by atoms with E-state index in [2.05, 4.69) is 71.3 Å². The third-order valence-electron chi connectivity index (χ3n) is 7.10. The second-order valence-electron chi connectivity index (χ2n) is 9.25. The van der Waals surface area contributed by atoms with Gasteiger partial charge in [0.15, 0.2) is 0 Å². The lowest BCUT2D eigenvalue weighted by Crippen LogP contribution is -2.56. The molecule has 6 rings (SSSR count). The second-order valence-corrected chi connectivity index (χ2v) is 10.2. The summed E-state index contributed by atoms with van der Waals surface area (Å²) in [4.78, 5) is 17.8. The van der Waals surface area contributed by atoms with Crippen molar-refractivity contribution in [2.75, 3.05) is 38.6 Å². The number of benzene rings is 1. The topological polar surface area (TPSA) is 53.4 Å². The van der Waals surface area contributed by atoms with Crippen LogP contribution >= 0.6 is 11.3 Å². The molecule has 3 fully saturated rings. The van der Waals surface area contributed by atoms with Crippen LogP contribution in [0.1, 0.15) is 34.1 Å². The zero-order valence-electron chi connectivity index (χ0n) is 19.0. The van der Waals surface area contributed by atoms with Crippen LogP contribution in [0.4, 0.5) is 5.69 Å². The Kier molecular flexibility index (Phi) is 5.78. The average molecular weight is 450 g/mol. The van der Waals surface area contributed by atoms with Gasteiger partial charge in [-0.15, -0.1) is 11.3 Å². The molecule has 1 unspecified atom stereocenters. The number of nitrogens with one attached hydrogen (secondary N) is 1. The summed E-state index contributed by atoms with van der Waals surface area (Å²) in [5, 5.41) is 9.95. The summed E-state index contributed by atoms with van der Waals surface area (Å²) in [7, 11) is 6.19. The Bertz CT molecular complexity index is 1070. The van der Waals surface area contributed by atoms with E-state index in [1.165, 1.54) is 29.1 Å². The first-order valence-corrected chi connectivity index (χ1v) is 12.2. The summed E-state index contributed by atoms with van der Waals surface area (Å²) in [6.45, 7) is 2.90. The normalized spacial score (nSPS) is 24.5. The smallest absolute Gasteiger partial charge is 0.261 e. The van der Waals surface area contributed by atoms with E-state index in [1.54, 1.807) is 0 Å². The maximum atomic E-state index is 12.3. The maximum Gasteiger partial charge on any atom is 0.261 e. The maximum absolute atomic E-state index is 12.3. The molecule has 1 aromatic carbocycles. The minimum absolute atomic E-state index is 0.0516. The van der Waals surface area contributed by atoms with Gasteiger partial charge in [0, 0.05) is 63.1 Å². The van der Waals surface area contributed by atoms with Crippen molar-refractivity contribution in [1.82, 2.24) is 20.0 Å². The van der Waals surface area contributed by atoms with Crippen LogP contribution in [0.25, 0.3) is 11.3 Å². The number of amides is 1. The molecule has 4 atom stereocenters. The molecule has 5 heterocycles. The largest absolute Gasteiger partial charge is 0.378 e. The van der Waals surface area contributed by atoms with Gasteiger partial charge in [-0.3, -0.25) is 14.4 Å². The van der Waals surface area contributed by atoms with E-state index >= 15 is 0 Å². The number of thiophene rings is 1. The number of rotatable bonds is 6. The van der Waals surface area contributed by atoms with Crippen LogP contribution in [0, 0.1) is 5.92 Å². The van der Waals surface area contributed by atoms with Crippen LogP contribution in [-0.4, -0.2) is 60.4 Å². The van der Waals surface area contributed by atoms with Crippen molar-refractivity contribution in [2.24, 2.45) is 13.0 Å². The molecule has 0 spiro atoms. The number of aromatic nitrogens is 2. The molecule has 3 saturated heterocycles. The van der Waals surface area contributed by atoms with Crippen molar-refractivity contribution in [3.8, 4) is 11.3 Å². The summed E-state index contributed by atoms with van der Waals surface area (Å²) in [6.07, 6.45) is 2.35. The van der Waals surface area contributed by atoms with Gasteiger partial charge in [0.1, 0.15) is 0 Å². The SMILES string of the molecule is CN(C)c1ccc(-c2cc([C@@H]3CN4CC[C@H]3C[C@@H]4CNC(=O)c3cccs3)n(C)n2)cc1. The molecule has 32 heavy (non-hydrogen) atoms. The number of anilines is 1. The molecule has 3 aromatic rings. The summed E-state index contributed by atoms with van der Waals surface area (Å²) < 4.78 is 2.08. The van der Waals surface area contributed by atoms with Gasteiger partial charge < -0.3 is 10.2 Å². The first kappa shape index (κ1) is 21.2. The van der Waals surface area contributed by atoms with Crippen molar-refractivity contribution < 1.29 is 4.79 Å². The molecule has 2 aromatic heterocycles. The first-order chi connectivity index (χ1) is 15.5. The van der Waals surface area contributed by atoms with Crippen molar-refractivity contribution in [1.29, 1.82) is 0 Å². The van der Waals surface area contributed by atoms with Crippen molar-refractivity contribution in [3.05, 3.63) is 58.4 Å². The van der Waals surface area contributed by atoms with E-state index in [4.69, 9.17) is 5.10 Å². The van der Waals surface area contributed by atoms with Gasteiger partial charge in [-0.05, 0) is 54.9 Å². The van der Waals surface area contributed by atoms with Crippen LogP contribution in [0.15, 0.2) is 47.8 Å². The number of carbonyl (C=O) groups is 1. The third kappa shape index (κ3) is 4.07. The van der Waals surface area contributed by atoms with E-state index in [1.807, 2.05) is 17.5 Å². The van der Waals surface area contributed by atoms with Gasteiger partial charge in [-0.1, -0.05) is 18.2 Å². The quantitative estimate of drug-likeness (QED) is 0.622. The fourth-order valence-electron chi connectivity index (χ4n) is 5.29. The van der Waals surface area contributed by atoms with E-state index in [-0.39, 0.29) is 5.91 Å². The summed E-state index contributed by atoms with van der Waals surface area (Å²) in [5.41, 5.74) is 4.73. The molecule has 3 aliphatic rings. The molecule has 1 N–H and O–H groups in total. The zero-order valence-corrected chi connectivity index (χ0v) is 19.8. The number of aryl methyl sites for hydroxylation is 1. The van der Waals surface area contributed by atoms with Crippen LogP contribution in [0.3, 0.4) is 0 Å². The van der Waals surface area contributed by atoms with E-state index in [0.717, 1.165) is 42.2 Å². The Hall–Kier alpha value is -2.64. The van der Waals surface area contributed by atoms with E-state index in [0.29, 0.717) is 17.9 Å². The third-order valence-corrected chi connectivity index (χ3v) is 7.97. The average Bonchev–Trinajstić information content (AvgIpc) is 3.48. The highest BCUT2D eigenvalue weighted by Crippen LogP contribution is 2.42. The predicted octanol–water partition coefficient (Wildman–Crippen LogP) is 3.82. The molecule has 0 saturated carbocycles. The number of hydrogen-bond donors (Lipinski definition) is 1. The molecule has 3 aliphatic heterocycles. The van der Waals surface area contributed by atoms with Gasteiger partial charge >= 0.3 is 0 Å². The highest BCUT2D eigenvalue weighted by atomic mass is 32.1. The number of hydrogen-bond acceptors (Lipinski definition) is 5. The molecular weight excluding hydrogens is 418 g/mol. The Morgan fingerprint density at radius 2 is 2.06 bits per heavy atom. The molecule has 0 radical (unpaired) electrons. The minimum Gasteiger partial charge on any atom is -0.378 e. The van der Waals surface area contributed by atoms with Crippen LogP contribution in [-0.2, 0) is 7.05 Å². The minimum atomic E-state index is 0.0516. The van der Waals surface area contributed by atoms with Crippen molar-refractivity contribution >= 4 is 22.9 Å². The van der Waals surface area contributed by atoms with Gasteiger partial charge in [0.25, 0.3) is 5.91 Å². The summed E-state index contributed by atoms with van der Waals surface area (Å²) >= 11 is 1.50. The molecular formula is C25H31N5OS. The first-order valence-electron chi connectivity index (χ1n) is 11.4. The van der Waals surface area contributed by atoms with Crippen molar-refractivity contribution in [3.63, 3.8) is 0 Å². The zero-order chi connectivity index (χ0) is 22.2. The standard InChI is InChI=1S/C25H31N5OS/c1-28(2)19-8-6-17(7-9-19)22-14-23(29(3)27-22)21-16-30-11-10-18(21)13-20(30)15-26-25(31)24-5-4-12-32-24/h4-9,12,14,18,20-21H,10-11,13,15-16H2,1-3H3,(H,26,31)/t18-,20+,21+/m0/s1. The van der Waals surface area contributed by atoms with Crippen LogP contribution in [0.2, 0.25) is 0 Å². The number of piperidine rings is 3. The molecule has 1 amide bonds. The van der Waals surface area contributed by atoms with Gasteiger partial charge in [-0.25, -0.2) is 0 Å². The van der Waals surface area contributed by atoms with Gasteiger partial charge in [0.2, 0.25) is 0 Å². The predicted molar refractivity (Wildman–Crippen MR) is 130 cm³/mol. The highest BCUT2D eigenvalue weighted by molar-refractivity contribution is 7.12. The number of carbonyl (C=O) groups excluding carboxylic acids is 1. The molecule has 6 nitrogen and oxygen atoms in total. The lowest BCUT2D eigenvalue weighted by molar-refractivity contribution is 0.0280. The lowest BCUT2D eigenvalue weighted by atomic mass is 9.74. The Morgan fingerprint density at radius 1 is 1.25 bits per heavy atom. The second kappa shape index (κ2) is 8.71. The van der Waals surface area contributed by atoms with Gasteiger partial charge in [0.05, 0.1) is 10.6 Å². The lowest BCUT2D eigenvalue weighted by Gasteiger charge is -2.49. The molecule has 0 aliphatic carbocycles. The fraction of sp³-hybridized carbons (Fsp3) is 0.440. The fourth-order valence-corrected chi connectivity index (χ4v) is 5.93. The van der Waals surface area contributed by atoms with Gasteiger partial charge in [-0.2, -0.15) is 5.10 Å². The highest BCUT2D eigenvalue weighted by Gasteiger charge is 2.41. The molecule has 7 heteroatoms. The Labute approximate surface area is 193 Å². The van der Waals surface area contributed by atoms with Crippen LogP contribution < -0.4 is 10.2 Å². The summed E-state index contributed by atoms with van der Waals surface area (Å²) in [6, 6.07) is 15.1. The number of nitrogens with zero attached hydrogens (tertiary/aromatic N) is 4. The van der Waals surface area contributed by atoms with Crippen LogP contribution in [0.5, 0.6) is 0 Å². The molecule has 168 valence electrons. The van der Waals surface area contributed by atoms with E-state index in [9.17, 15) is 4.79 Å². The summed E-state index contributed by atoms with van der Waals surface area (Å²) in [5.74, 6) is 1.19. The number of fused-ring (bicyclic) bond motifs is 3. The monoisotopic (exact) mass is 449 g/mol. The Morgan fingerprint density at radius 3 is 2.72 bits per heavy atom.